The zero-order chi connectivity index (χ0) is 22.0. The highest BCUT2D eigenvalue weighted by Gasteiger charge is 2.40. The number of likely N-dealkylation sites (tertiary alicyclic amines) is 1. The van der Waals surface area contributed by atoms with E-state index in [-0.39, 0.29) is 42.1 Å². The first-order valence-corrected chi connectivity index (χ1v) is 11.0. The van der Waals surface area contributed by atoms with Crippen molar-refractivity contribution in [3.05, 3.63) is 34.9 Å². The van der Waals surface area contributed by atoms with Crippen molar-refractivity contribution in [3.8, 4) is 6.07 Å². The van der Waals surface area contributed by atoms with Crippen molar-refractivity contribution >= 4 is 23.6 Å². The molecule has 0 bridgehead atoms. The SMILES string of the molecule is N#CCC(=O)NC1CCN(C(=O)c2ccc3c(c2)C(=O)N(C2CCCCC2)C3=O)CC1. The molecule has 162 valence electrons. The number of hydrogen-bond acceptors (Lipinski definition) is 5. The van der Waals surface area contributed by atoms with Gasteiger partial charge in [-0.1, -0.05) is 19.3 Å². The fourth-order valence-corrected chi connectivity index (χ4v) is 4.82. The molecular formula is C23H26N4O4. The van der Waals surface area contributed by atoms with Gasteiger partial charge in [0.15, 0.2) is 0 Å². The maximum Gasteiger partial charge on any atom is 0.261 e. The van der Waals surface area contributed by atoms with Crippen LogP contribution in [0.2, 0.25) is 0 Å². The molecule has 1 aromatic carbocycles. The van der Waals surface area contributed by atoms with Crippen LogP contribution in [0.15, 0.2) is 18.2 Å². The number of fused-ring (bicyclic) bond motifs is 1. The molecule has 0 atom stereocenters. The summed E-state index contributed by atoms with van der Waals surface area (Å²) in [4.78, 5) is 53.5. The molecule has 2 fully saturated rings. The highest BCUT2D eigenvalue weighted by atomic mass is 16.2. The number of benzene rings is 1. The fourth-order valence-electron chi connectivity index (χ4n) is 4.82. The molecule has 3 aliphatic rings. The number of nitriles is 1. The average molecular weight is 422 g/mol. The molecule has 1 aliphatic carbocycles. The minimum atomic E-state index is -0.295. The summed E-state index contributed by atoms with van der Waals surface area (Å²) >= 11 is 0. The van der Waals surface area contributed by atoms with Gasteiger partial charge in [-0.05, 0) is 43.9 Å². The van der Waals surface area contributed by atoms with Gasteiger partial charge in [0.25, 0.3) is 17.7 Å². The molecule has 2 heterocycles. The summed E-state index contributed by atoms with van der Waals surface area (Å²) < 4.78 is 0. The quantitative estimate of drug-likeness (QED) is 0.748. The second-order valence-electron chi connectivity index (χ2n) is 8.50. The number of nitrogens with zero attached hydrogens (tertiary/aromatic N) is 3. The number of carbonyl (C=O) groups is 4. The molecule has 8 heteroatoms. The molecule has 4 amide bonds. The Labute approximate surface area is 181 Å². The van der Waals surface area contributed by atoms with Crippen molar-refractivity contribution in [1.29, 1.82) is 5.26 Å². The Bertz CT molecular complexity index is 953. The van der Waals surface area contributed by atoms with E-state index >= 15 is 0 Å². The van der Waals surface area contributed by atoms with Gasteiger partial charge in [0.05, 0.1) is 17.2 Å². The number of nitrogens with one attached hydrogen (secondary N) is 1. The van der Waals surface area contributed by atoms with E-state index in [1.165, 1.54) is 4.90 Å². The number of piperidine rings is 1. The lowest BCUT2D eigenvalue weighted by Gasteiger charge is -2.32. The third kappa shape index (κ3) is 4.18. The van der Waals surface area contributed by atoms with E-state index in [1.54, 1.807) is 23.1 Å². The van der Waals surface area contributed by atoms with Gasteiger partial charge in [-0.15, -0.1) is 0 Å². The predicted octanol–water partition coefficient (Wildman–Crippen LogP) is 2.25. The summed E-state index contributed by atoms with van der Waals surface area (Å²) in [6.07, 6.45) is 5.93. The van der Waals surface area contributed by atoms with Crippen LogP contribution in [-0.4, -0.2) is 58.6 Å². The van der Waals surface area contributed by atoms with Crippen LogP contribution < -0.4 is 5.32 Å². The summed E-state index contributed by atoms with van der Waals surface area (Å²) in [5.74, 6) is -1.02. The summed E-state index contributed by atoms with van der Waals surface area (Å²) in [6.45, 7) is 0.961. The van der Waals surface area contributed by atoms with E-state index in [0.717, 1.165) is 32.1 Å². The Morgan fingerprint density at radius 1 is 1.00 bits per heavy atom. The summed E-state index contributed by atoms with van der Waals surface area (Å²) in [6, 6.07) is 6.51. The summed E-state index contributed by atoms with van der Waals surface area (Å²) in [5.41, 5.74) is 1.10. The van der Waals surface area contributed by atoms with E-state index in [1.807, 2.05) is 6.07 Å². The van der Waals surface area contributed by atoms with Crippen molar-refractivity contribution in [1.82, 2.24) is 15.1 Å². The first-order chi connectivity index (χ1) is 15.0. The van der Waals surface area contributed by atoms with Crippen LogP contribution in [0, 0.1) is 11.3 Å². The van der Waals surface area contributed by atoms with E-state index in [4.69, 9.17) is 5.26 Å². The highest BCUT2D eigenvalue weighted by molar-refractivity contribution is 6.22. The van der Waals surface area contributed by atoms with Gasteiger partial charge in [-0.2, -0.15) is 5.26 Å². The lowest BCUT2D eigenvalue weighted by molar-refractivity contribution is -0.121. The van der Waals surface area contributed by atoms with Gasteiger partial charge in [-0.25, -0.2) is 0 Å². The van der Waals surface area contributed by atoms with Crippen LogP contribution in [0.25, 0.3) is 0 Å². The second kappa shape index (κ2) is 8.88. The molecule has 0 radical (unpaired) electrons. The van der Waals surface area contributed by atoms with Crippen molar-refractivity contribution in [2.24, 2.45) is 0 Å². The highest BCUT2D eigenvalue weighted by Crippen LogP contribution is 2.31. The van der Waals surface area contributed by atoms with E-state index in [0.29, 0.717) is 42.6 Å². The van der Waals surface area contributed by atoms with E-state index in [9.17, 15) is 19.2 Å². The monoisotopic (exact) mass is 422 g/mol. The van der Waals surface area contributed by atoms with E-state index in [2.05, 4.69) is 5.32 Å². The Morgan fingerprint density at radius 2 is 1.68 bits per heavy atom. The predicted molar refractivity (Wildman–Crippen MR) is 111 cm³/mol. The van der Waals surface area contributed by atoms with Gasteiger partial charge in [-0.3, -0.25) is 24.1 Å². The molecule has 1 saturated heterocycles. The third-order valence-corrected chi connectivity index (χ3v) is 6.49. The maximum absolute atomic E-state index is 13.0. The normalized spacial score (nSPS) is 19.8. The van der Waals surface area contributed by atoms with Gasteiger partial charge < -0.3 is 10.2 Å². The number of hydrogen-bond donors (Lipinski definition) is 1. The lowest BCUT2D eigenvalue weighted by atomic mass is 9.94. The van der Waals surface area contributed by atoms with Crippen LogP contribution in [0.3, 0.4) is 0 Å². The minimum absolute atomic E-state index is 0.0458. The standard InChI is InChI=1S/C23H26N4O4/c24-11-8-20(28)25-16-9-12-26(13-10-16)21(29)15-6-7-18-19(14-15)23(31)27(22(18)30)17-4-2-1-3-5-17/h6-7,14,16-17H,1-5,8-10,12-13H2,(H,25,28). The Balaban J connectivity index is 1.42. The molecule has 8 nitrogen and oxygen atoms in total. The van der Waals surface area contributed by atoms with Gasteiger partial charge in [0.2, 0.25) is 5.91 Å². The van der Waals surface area contributed by atoms with Crippen LogP contribution in [-0.2, 0) is 4.79 Å². The number of carbonyl (C=O) groups excluding carboxylic acids is 4. The summed E-state index contributed by atoms with van der Waals surface area (Å²) in [5, 5.41) is 11.4. The molecule has 2 aliphatic heterocycles. The maximum atomic E-state index is 13.0. The molecule has 0 spiro atoms. The molecule has 1 N–H and O–H groups in total. The molecule has 1 aromatic rings. The van der Waals surface area contributed by atoms with Crippen LogP contribution in [0.1, 0.15) is 82.4 Å². The van der Waals surface area contributed by atoms with Crippen molar-refractivity contribution in [2.45, 2.75) is 63.5 Å². The van der Waals surface area contributed by atoms with Crippen molar-refractivity contribution < 1.29 is 19.2 Å². The van der Waals surface area contributed by atoms with E-state index < -0.39 is 0 Å². The molecule has 4 rings (SSSR count). The number of imide groups is 1. The molecule has 1 saturated carbocycles. The number of amides is 4. The second-order valence-corrected chi connectivity index (χ2v) is 8.50. The number of rotatable bonds is 4. The zero-order valence-corrected chi connectivity index (χ0v) is 17.4. The first kappa shape index (κ1) is 21.0. The zero-order valence-electron chi connectivity index (χ0n) is 17.4. The van der Waals surface area contributed by atoms with Crippen molar-refractivity contribution in [2.75, 3.05) is 13.1 Å². The van der Waals surface area contributed by atoms with Gasteiger partial charge in [0, 0.05) is 30.7 Å². The van der Waals surface area contributed by atoms with Gasteiger partial charge in [0.1, 0.15) is 6.42 Å². The lowest BCUT2D eigenvalue weighted by Crippen LogP contribution is -2.46. The fraction of sp³-hybridized carbons (Fsp3) is 0.522. The Kier molecular flexibility index (Phi) is 6.03. The Morgan fingerprint density at radius 3 is 2.35 bits per heavy atom. The van der Waals surface area contributed by atoms with Gasteiger partial charge >= 0.3 is 0 Å². The molecule has 31 heavy (non-hydrogen) atoms. The Hall–Kier alpha value is -3.21. The first-order valence-electron chi connectivity index (χ1n) is 11.0. The molecular weight excluding hydrogens is 396 g/mol. The molecule has 0 unspecified atom stereocenters. The topological polar surface area (TPSA) is 111 Å². The summed E-state index contributed by atoms with van der Waals surface area (Å²) in [7, 11) is 0. The third-order valence-electron chi connectivity index (χ3n) is 6.49. The minimum Gasteiger partial charge on any atom is -0.352 e. The van der Waals surface area contributed by atoms with Crippen LogP contribution >= 0.6 is 0 Å². The molecule has 0 aromatic heterocycles. The van der Waals surface area contributed by atoms with Crippen molar-refractivity contribution in [3.63, 3.8) is 0 Å². The van der Waals surface area contributed by atoms with Crippen LogP contribution in [0.5, 0.6) is 0 Å². The smallest absolute Gasteiger partial charge is 0.261 e. The van der Waals surface area contributed by atoms with Crippen LogP contribution in [0.4, 0.5) is 0 Å². The largest absolute Gasteiger partial charge is 0.352 e. The average Bonchev–Trinajstić information content (AvgIpc) is 3.04.